The van der Waals surface area contributed by atoms with E-state index in [2.05, 4.69) is 5.32 Å². The third-order valence-corrected chi connectivity index (χ3v) is 6.48. The topological polar surface area (TPSA) is 110 Å². The van der Waals surface area contributed by atoms with Crippen LogP contribution in [0.3, 0.4) is 0 Å². The molecule has 10 heteroatoms. The fraction of sp³-hybridized carbons (Fsp3) is 0.185. The van der Waals surface area contributed by atoms with Gasteiger partial charge in [0.15, 0.2) is 5.11 Å². The molecule has 1 aromatic heterocycles. The summed E-state index contributed by atoms with van der Waals surface area (Å²) in [5.41, 5.74) is 4.16. The summed E-state index contributed by atoms with van der Waals surface area (Å²) in [6.07, 6.45) is 1.51. The number of amides is 2. The fourth-order valence-corrected chi connectivity index (χ4v) is 4.56. The highest BCUT2D eigenvalue weighted by Crippen LogP contribution is 2.35. The van der Waals surface area contributed by atoms with Gasteiger partial charge in [0, 0.05) is 23.1 Å². The number of nitrogens with zero attached hydrogens (tertiary/aromatic N) is 2. The number of carbonyl (C=O) groups excluding carboxylic acids is 2. The van der Waals surface area contributed by atoms with Gasteiger partial charge in [-0.2, -0.15) is 0 Å². The number of thiocarbonyl (C=S) groups is 1. The van der Waals surface area contributed by atoms with E-state index in [9.17, 15) is 19.5 Å². The molecular formula is C27H25N3O6S. The lowest BCUT2D eigenvalue weighted by Gasteiger charge is -2.30. The van der Waals surface area contributed by atoms with Crippen molar-refractivity contribution in [1.82, 2.24) is 9.88 Å². The highest BCUT2D eigenvalue weighted by Gasteiger charge is 2.36. The predicted octanol–water partition coefficient (Wildman–Crippen LogP) is 3.95. The zero-order chi connectivity index (χ0) is 27.0. The van der Waals surface area contributed by atoms with Crippen LogP contribution in [0.25, 0.3) is 11.8 Å². The normalized spacial score (nSPS) is 14.7. The van der Waals surface area contributed by atoms with E-state index < -0.39 is 17.8 Å². The van der Waals surface area contributed by atoms with E-state index in [4.69, 9.17) is 21.7 Å². The molecule has 1 fully saturated rings. The van der Waals surface area contributed by atoms with Gasteiger partial charge >= 0.3 is 5.97 Å². The maximum absolute atomic E-state index is 13.6. The van der Waals surface area contributed by atoms with Crippen LogP contribution in [0.2, 0.25) is 0 Å². The summed E-state index contributed by atoms with van der Waals surface area (Å²) in [5, 5.41) is 12.0. The number of aromatic carboxylic acids is 1. The van der Waals surface area contributed by atoms with Gasteiger partial charge in [-0.15, -0.1) is 0 Å². The number of aromatic nitrogens is 1. The van der Waals surface area contributed by atoms with Gasteiger partial charge in [0.1, 0.15) is 17.1 Å². The maximum atomic E-state index is 13.6. The zero-order valence-electron chi connectivity index (χ0n) is 20.9. The molecule has 2 amide bonds. The smallest absolute Gasteiger partial charge is 0.335 e. The molecule has 0 radical (unpaired) electrons. The van der Waals surface area contributed by atoms with Crippen molar-refractivity contribution >= 4 is 46.9 Å². The Bertz CT molecular complexity index is 1500. The maximum Gasteiger partial charge on any atom is 0.335 e. The van der Waals surface area contributed by atoms with Crippen LogP contribution in [0.1, 0.15) is 32.9 Å². The summed E-state index contributed by atoms with van der Waals surface area (Å²) in [4.78, 5) is 39.2. The molecule has 37 heavy (non-hydrogen) atoms. The molecule has 0 saturated carbocycles. The quantitative estimate of drug-likeness (QED) is 0.288. The Morgan fingerprint density at radius 1 is 1.00 bits per heavy atom. The Balaban J connectivity index is 1.80. The van der Waals surface area contributed by atoms with Gasteiger partial charge in [-0.3, -0.25) is 14.9 Å². The first-order chi connectivity index (χ1) is 17.6. The van der Waals surface area contributed by atoms with Crippen molar-refractivity contribution in [3.63, 3.8) is 0 Å². The molecule has 0 spiro atoms. The fourth-order valence-electron chi connectivity index (χ4n) is 4.29. The summed E-state index contributed by atoms with van der Waals surface area (Å²) in [6.45, 7) is 5.60. The average molecular weight is 520 g/mol. The predicted molar refractivity (Wildman–Crippen MR) is 143 cm³/mol. The molecule has 2 N–H and O–H groups in total. The molecule has 1 saturated heterocycles. The Labute approximate surface area is 218 Å². The van der Waals surface area contributed by atoms with Crippen molar-refractivity contribution in [3.8, 4) is 17.2 Å². The van der Waals surface area contributed by atoms with Crippen molar-refractivity contribution < 1.29 is 29.0 Å². The van der Waals surface area contributed by atoms with E-state index in [1.54, 1.807) is 36.4 Å². The average Bonchev–Trinajstić information content (AvgIpc) is 3.14. The van der Waals surface area contributed by atoms with Crippen molar-refractivity contribution in [2.75, 3.05) is 19.1 Å². The number of benzene rings is 2. The van der Waals surface area contributed by atoms with Crippen LogP contribution in [-0.2, 0) is 9.59 Å². The number of methoxy groups -OCH3 is 2. The first-order valence-corrected chi connectivity index (χ1v) is 11.6. The number of aryl methyl sites for hydroxylation is 2. The number of rotatable bonds is 6. The van der Waals surface area contributed by atoms with Gasteiger partial charge < -0.3 is 19.1 Å². The van der Waals surface area contributed by atoms with Crippen molar-refractivity contribution in [1.29, 1.82) is 0 Å². The van der Waals surface area contributed by atoms with Crippen LogP contribution in [-0.4, -0.2) is 46.8 Å². The van der Waals surface area contributed by atoms with Crippen LogP contribution < -0.4 is 19.7 Å². The molecule has 0 bridgehead atoms. The molecule has 0 atom stereocenters. The number of anilines is 1. The van der Waals surface area contributed by atoms with Crippen LogP contribution in [0.15, 0.2) is 48.0 Å². The third kappa shape index (κ3) is 4.58. The minimum Gasteiger partial charge on any atom is -0.497 e. The second-order valence-corrected chi connectivity index (χ2v) is 8.85. The van der Waals surface area contributed by atoms with Gasteiger partial charge in [0.05, 0.1) is 25.5 Å². The number of carboxylic acids is 1. The Kier molecular flexibility index (Phi) is 6.86. The lowest BCUT2D eigenvalue weighted by molar-refractivity contribution is -0.122. The summed E-state index contributed by atoms with van der Waals surface area (Å²) >= 11 is 5.32. The number of carboxylic acid groups (broad SMARTS) is 1. The van der Waals surface area contributed by atoms with Crippen molar-refractivity contribution in [2.45, 2.75) is 20.8 Å². The first kappa shape index (κ1) is 25.6. The number of carbonyl (C=O) groups is 3. The molecule has 1 aliphatic rings. The van der Waals surface area contributed by atoms with Crippen molar-refractivity contribution in [3.05, 3.63) is 76.1 Å². The Morgan fingerprint density at radius 3 is 2.38 bits per heavy atom. The van der Waals surface area contributed by atoms with Gasteiger partial charge in [-0.25, -0.2) is 9.69 Å². The SMILES string of the molecule is COc1ccc(N2C(=O)C(=Cc3cc(C)n(-c4cc(C(=O)O)ccc4C)c3C)C(=O)NC2=S)c(OC)c1. The summed E-state index contributed by atoms with van der Waals surface area (Å²) in [5.74, 6) is -1.37. The lowest BCUT2D eigenvalue weighted by Crippen LogP contribution is -2.54. The highest BCUT2D eigenvalue weighted by molar-refractivity contribution is 7.80. The molecule has 2 heterocycles. The molecule has 1 aliphatic heterocycles. The van der Waals surface area contributed by atoms with Gasteiger partial charge in [0.25, 0.3) is 11.8 Å². The number of ether oxygens (including phenoxy) is 2. The molecule has 0 aliphatic carbocycles. The molecule has 9 nitrogen and oxygen atoms in total. The standard InChI is InChI=1S/C27H25N3O6S/c1-14-6-7-17(26(33)34)12-22(14)29-15(2)10-18(16(29)3)11-20-24(31)28-27(37)30(25(20)32)21-9-8-19(35-4)13-23(21)36-5/h6-13H,1-5H3,(H,33,34)(H,28,31,37). The molecule has 2 aromatic carbocycles. The Hall–Kier alpha value is -4.44. The van der Waals surface area contributed by atoms with E-state index in [1.807, 2.05) is 31.4 Å². The molecule has 4 rings (SSSR count). The van der Waals surface area contributed by atoms with Gasteiger partial charge in [-0.05, 0) is 80.5 Å². The number of hydrogen-bond acceptors (Lipinski definition) is 6. The van der Waals surface area contributed by atoms with E-state index in [0.717, 1.165) is 17.0 Å². The van der Waals surface area contributed by atoms with Crippen molar-refractivity contribution in [2.24, 2.45) is 0 Å². The monoisotopic (exact) mass is 519 g/mol. The van der Waals surface area contributed by atoms with E-state index in [-0.39, 0.29) is 16.2 Å². The third-order valence-electron chi connectivity index (χ3n) is 6.20. The van der Waals surface area contributed by atoms with Gasteiger partial charge in [0.2, 0.25) is 0 Å². The molecule has 3 aromatic rings. The second-order valence-electron chi connectivity index (χ2n) is 8.46. The largest absolute Gasteiger partial charge is 0.497 e. The minimum absolute atomic E-state index is 0.0674. The molecule has 190 valence electrons. The number of hydrogen-bond donors (Lipinski definition) is 2. The van der Waals surface area contributed by atoms with Crippen LogP contribution in [0, 0.1) is 20.8 Å². The van der Waals surface area contributed by atoms with E-state index in [1.165, 1.54) is 25.2 Å². The zero-order valence-corrected chi connectivity index (χ0v) is 21.7. The highest BCUT2D eigenvalue weighted by atomic mass is 32.1. The summed E-state index contributed by atoms with van der Waals surface area (Å²) < 4.78 is 12.6. The minimum atomic E-state index is -1.03. The van der Waals surface area contributed by atoms with Gasteiger partial charge in [-0.1, -0.05) is 6.07 Å². The van der Waals surface area contributed by atoms with E-state index in [0.29, 0.717) is 28.4 Å². The first-order valence-electron chi connectivity index (χ1n) is 11.2. The lowest BCUT2D eigenvalue weighted by atomic mass is 10.1. The molecular weight excluding hydrogens is 494 g/mol. The van der Waals surface area contributed by atoms with Crippen LogP contribution >= 0.6 is 12.2 Å². The summed E-state index contributed by atoms with van der Waals surface area (Å²) in [7, 11) is 2.98. The molecule has 0 unspecified atom stereocenters. The van der Waals surface area contributed by atoms with E-state index >= 15 is 0 Å². The number of nitrogens with one attached hydrogen (secondary N) is 1. The Morgan fingerprint density at radius 2 is 1.73 bits per heavy atom. The van der Waals surface area contributed by atoms with Crippen LogP contribution in [0.4, 0.5) is 5.69 Å². The second kappa shape index (κ2) is 9.90. The van der Waals surface area contributed by atoms with Crippen LogP contribution in [0.5, 0.6) is 11.5 Å². The summed E-state index contributed by atoms with van der Waals surface area (Å²) in [6, 6.07) is 11.6.